The van der Waals surface area contributed by atoms with Gasteiger partial charge < -0.3 is 4.74 Å². The van der Waals surface area contributed by atoms with Gasteiger partial charge in [-0.05, 0) is 24.5 Å². The minimum atomic E-state index is -0.297. The van der Waals surface area contributed by atoms with Crippen molar-refractivity contribution in [3.63, 3.8) is 0 Å². The van der Waals surface area contributed by atoms with Gasteiger partial charge in [-0.3, -0.25) is 9.59 Å². The van der Waals surface area contributed by atoms with E-state index in [1.54, 1.807) is 6.92 Å². The Kier molecular flexibility index (Phi) is 2.63. The van der Waals surface area contributed by atoms with Crippen LogP contribution in [0.5, 0.6) is 0 Å². The number of ether oxygens (including phenoxy) is 1. The molecule has 0 aliphatic heterocycles. The van der Waals surface area contributed by atoms with E-state index in [4.69, 9.17) is 4.74 Å². The average Bonchev–Trinajstić information content (AvgIpc) is 2.30. The molecule has 0 heterocycles. The number of hydrogen-bond donors (Lipinski definition) is 0. The molecule has 0 N–H and O–H groups in total. The molecule has 3 heteroatoms. The molecular weight excluding hydrogens is 156 g/mol. The van der Waals surface area contributed by atoms with Gasteiger partial charge in [0.15, 0.2) is 5.78 Å². The van der Waals surface area contributed by atoms with E-state index in [1.807, 2.05) is 0 Å². The highest BCUT2D eigenvalue weighted by Crippen LogP contribution is 2.22. The topological polar surface area (TPSA) is 43.4 Å². The van der Waals surface area contributed by atoms with Crippen LogP contribution in [0, 0.1) is 0 Å². The highest BCUT2D eigenvalue weighted by atomic mass is 16.5. The van der Waals surface area contributed by atoms with E-state index in [0.717, 1.165) is 17.6 Å². The number of rotatable bonds is 2. The zero-order chi connectivity index (χ0) is 9.14. The highest BCUT2D eigenvalue weighted by Gasteiger charge is 2.19. The van der Waals surface area contributed by atoms with Gasteiger partial charge in [0, 0.05) is 13.3 Å². The number of hydrogen-bond acceptors (Lipinski definition) is 3. The number of esters is 1. The summed E-state index contributed by atoms with van der Waals surface area (Å²) in [5.41, 5.74) is 1.74. The van der Waals surface area contributed by atoms with Gasteiger partial charge in [-0.2, -0.15) is 0 Å². The third kappa shape index (κ3) is 1.94. The van der Waals surface area contributed by atoms with Crippen molar-refractivity contribution in [3.8, 4) is 0 Å². The molecule has 0 spiro atoms. The third-order valence-corrected chi connectivity index (χ3v) is 2.05. The SMILES string of the molecule is CC(=O)OCC1=C(C)C(=O)CC1. The first kappa shape index (κ1) is 8.97. The fourth-order valence-electron chi connectivity index (χ4n) is 1.21. The average molecular weight is 168 g/mol. The van der Waals surface area contributed by atoms with Crippen LogP contribution < -0.4 is 0 Å². The van der Waals surface area contributed by atoms with Crippen LogP contribution in [0.3, 0.4) is 0 Å². The van der Waals surface area contributed by atoms with Crippen molar-refractivity contribution in [2.75, 3.05) is 6.61 Å². The summed E-state index contributed by atoms with van der Waals surface area (Å²) in [7, 11) is 0. The minimum absolute atomic E-state index is 0.178. The summed E-state index contributed by atoms with van der Waals surface area (Å²) in [4.78, 5) is 21.5. The molecular formula is C9H12O3. The highest BCUT2D eigenvalue weighted by molar-refractivity contribution is 5.98. The van der Waals surface area contributed by atoms with Crippen LogP contribution in [0.2, 0.25) is 0 Å². The van der Waals surface area contributed by atoms with E-state index in [0.29, 0.717) is 6.42 Å². The van der Waals surface area contributed by atoms with Crippen molar-refractivity contribution in [1.82, 2.24) is 0 Å². The standard InChI is InChI=1S/C9H12O3/c1-6-8(3-4-9(6)11)5-12-7(2)10/h3-5H2,1-2H3. The van der Waals surface area contributed by atoms with E-state index < -0.39 is 0 Å². The first-order valence-electron chi connectivity index (χ1n) is 3.96. The van der Waals surface area contributed by atoms with Gasteiger partial charge in [0.2, 0.25) is 0 Å². The minimum Gasteiger partial charge on any atom is -0.461 e. The number of carbonyl (C=O) groups is 2. The Morgan fingerprint density at radius 3 is 2.58 bits per heavy atom. The summed E-state index contributed by atoms with van der Waals surface area (Å²) < 4.78 is 4.80. The van der Waals surface area contributed by atoms with Crippen molar-refractivity contribution in [2.24, 2.45) is 0 Å². The fraction of sp³-hybridized carbons (Fsp3) is 0.556. The molecule has 0 aromatic heterocycles. The maximum absolute atomic E-state index is 11.0. The van der Waals surface area contributed by atoms with Crippen LogP contribution in [0.1, 0.15) is 26.7 Å². The normalized spacial score (nSPS) is 17.0. The lowest BCUT2D eigenvalue weighted by Crippen LogP contribution is -2.03. The fourth-order valence-corrected chi connectivity index (χ4v) is 1.21. The lowest BCUT2D eigenvalue weighted by atomic mass is 10.2. The molecule has 3 nitrogen and oxygen atoms in total. The predicted molar refractivity (Wildman–Crippen MR) is 43.6 cm³/mol. The van der Waals surface area contributed by atoms with Crippen molar-refractivity contribution in [3.05, 3.63) is 11.1 Å². The first-order valence-corrected chi connectivity index (χ1v) is 3.96. The molecule has 0 aromatic carbocycles. The van der Waals surface area contributed by atoms with E-state index in [9.17, 15) is 9.59 Å². The summed E-state index contributed by atoms with van der Waals surface area (Å²) in [6, 6.07) is 0. The van der Waals surface area contributed by atoms with Crippen LogP contribution in [0.25, 0.3) is 0 Å². The van der Waals surface area contributed by atoms with Gasteiger partial charge in [0.1, 0.15) is 6.61 Å². The van der Waals surface area contributed by atoms with Crippen molar-refractivity contribution >= 4 is 11.8 Å². The van der Waals surface area contributed by atoms with Crippen LogP contribution >= 0.6 is 0 Å². The Labute approximate surface area is 71.4 Å². The molecule has 0 bridgehead atoms. The van der Waals surface area contributed by atoms with E-state index >= 15 is 0 Å². The molecule has 0 fully saturated rings. The van der Waals surface area contributed by atoms with Crippen LogP contribution in [0.4, 0.5) is 0 Å². The molecule has 12 heavy (non-hydrogen) atoms. The molecule has 1 rings (SSSR count). The first-order chi connectivity index (χ1) is 5.61. The van der Waals surface area contributed by atoms with E-state index in [-0.39, 0.29) is 18.4 Å². The Hall–Kier alpha value is -1.12. The van der Waals surface area contributed by atoms with Gasteiger partial charge >= 0.3 is 5.97 Å². The Morgan fingerprint density at radius 2 is 2.17 bits per heavy atom. The second-order valence-corrected chi connectivity index (χ2v) is 2.93. The van der Waals surface area contributed by atoms with Gasteiger partial charge in [0.05, 0.1) is 0 Å². The van der Waals surface area contributed by atoms with E-state index in [2.05, 4.69) is 0 Å². The van der Waals surface area contributed by atoms with Crippen molar-refractivity contribution < 1.29 is 14.3 Å². The third-order valence-electron chi connectivity index (χ3n) is 2.05. The van der Waals surface area contributed by atoms with Gasteiger partial charge in [0.25, 0.3) is 0 Å². The number of carbonyl (C=O) groups excluding carboxylic acids is 2. The van der Waals surface area contributed by atoms with Crippen LogP contribution in [-0.2, 0) is 14.3 Å². The summed E-state index contributed by atoms with van der Waals surface area (Å²) in [6.07, 6.45) is 1.32. The van der Waals surface area contributed by atoms with E-state index in [1.165, 1.54) is 6.92 Å². The maximum Gasteiger partial charge on any atom is 0.302 e. The molecule has 0 radical (unpaired) electrons. The molecule has 1 aliphatic carbocycles. The summed E-state index contributed by atoms with van der Waals surface area (Å²) in [5.74, 6) is -0.119. The molecule has 0 saturated heterocycles. The number of Topliss-reactive ketones (excluding diaryl/α,β-unsaturated/α-hetero) is 1. The van der Waals surface area contributed by atoms with Crippen LogP contribution in [0.15, 0.2) is 11.1 Å². The molecule has 0 saturated carbocycles. The largest absolute Gasteiger partial charge is 0.461 e. The van der Waals surface area contributed by atoms with Crippen molar-refractivity contribution in [2.45, 2.75) is 26.7 Å². The van der Waals surface area contributed by atoms with Gasteiger partial charge in [-0.15, -0.1) is 0 Å². The smallest absolute Gasteiger partial charge is 0.302 e. The quantitative estimate of drug-likeness (QED) is 0.582. The van der Waals surface area contributed by atoms with Gasteiger partial charge in [-0.1, -0.05) is 0 Å². The Bertz CT molecular complexity index is 250. The molecule has 66 valence electrons. The summed E-state index contributed by atoms with van der Waals surface area (Å²) >= 11 is 0. The Balaban J connectivity index is 2.53. The monoisotopic (exact) mass is 168 g/mol. The van der Waals surface area contributed by atoms with Crippen LogP contribution in [-0.4, -0.2) is 18.4 Å². The predicted octanol–water partition coefficient (Wildman–Crippen LogP) is 1.23. The van der Waals surface area contributed by atoms with Gasteiger partial charge in [-0.25, -0.2) is 0 Å². The molecule has 0 aromatic rings. The zero-order valence-electron chi connectivity index (χ0n) is 7.35. The summed E-state index contributed by atoms with van der Waals surface area (Å²) in [6.45, 7) is 3.44. The lowest BCUT2D eigenvalue weighted by Gasteiger charge is -2.02. The number of ketones is 1. The number of allylic oxidation sites excluding steroid dienone is 1. The Morgan fingerprint density at radius 1 is 1.50 bits per heavy atom. The second kappa shape index (κ2) is 3.52. The molecule has 0 atom stereocenters. The zero-order valence-corrected chi connectivity index (χ0v) is 7.35. The maximum atomic E-state index is 11.0. The van der Waals surface area contributed by atoms with Crippen molar-refractivity contribution in [1.29, 1.82) is 0 Å². The second-order valence-electron chi connectivity index (χ2n) is 2.93. The summed E-state index contributed by atoms with van der Waals surface area (Å²) in [5, 5.41) is 0. The molecule has 0 unspecified atom stereocenters. The molecule has 0 amide bonds. The molecule has 1 aliphatic rings. The lowest BCUT2D eigenvalue weighted by molar-refractivity contribution is -0.140.